The molecule has 1 N–H and O–H groups in total. The molecule has 1 rings (SSSR count). The molecule has 0 aromatic heterocycles. The van der Waals surface area contributed by atoms with Crippen molar-refractivity contribution in [2.24, 2.45) is 5.92 Å². The molecule has 28 heavy (non-hydrogen) atoms. The Labute approximate surface area is 172 Å². The van der Waals surface area contributed by atoms with Gasteiger partial charge in [0.25, 0.3) is 0 Å². The average Bonchev–Trinajstić information content (AvgIpc) is 2.73. The van der Waals surface area contributed by atoms with Crippen molar-refractivity contribution >= 4 is 11.7 Å². The van der Waals surface area contributed by atoms with Crippen LogP contribution in [0.15, 0.2) is 48.7 Å². The van der Waals surface area contributed by atoms with Crippen molar-refractivity contribution in [1.82, 2.24) is 0 Å². The van der Waals surface area contributed by atoms with Crippen molar-refractivity contribution in [1.29, 1.82) is 0 Å². The number of allylic oxidation sites excluding steroid dienone is 1. The van der Waals surface area contributed by atoms with E-state index in [4.69, 9.17) is 4.74 Å². The van der Waals surface area contributed by atoms with Crippen LogP contribution in [0, 0.1) is 5.92 Å². The topological polar surface area (TPSA) is 47.6 Å². The molecule has 0 radical (unpaired) electrons. The van der Waals surface area contributed by atoms with Crippen molar-refractivity contribution < 1.29 is 14.3 Å². The number of hydrogen-bond acceptors (Lipinski definition) is 4. The highest BCUT2D eigenvalue weighted by molar-refractivity contribution is 5.81. The molecule has 4 nitrogen and oxygen atoms in total. The Kier molecular flexibility index (Phi) is 15.6. The number of benzene rings is 1. The second-order valence-corrected chi connectivity index (χ2v) is 6.46. The lowest BCUT2D eigenvalue weighted by Gasteiger charge is -2.14. The van der Waals surface area contributed by atoms with E-state index in [1.165, 1.54) is 45.3 Å². The number of esters is 1. The first-order valence-corrected chi connectivity index (χ1v) is 10.5. The second kappa shape index (κ2) is 16.9. The van der Waals surface area contributed by atoms with Crippen molar-refractivity contribution in [3.8, 4) is 5.75 Å². The Morgan fingerprint density at radius 3 is 2.32 bits per heavy atom. The van der Waals surface area contributed by atoms with Gasteiger partial charge in [-0.1, -0.05) is 72.5 Å². The van der Waals surface area contributed by atoms with Gasteiger partial charge in [-0.3, -0.25) is 0 Å². The van der Waals surface area contributed by atoms with E-state index < -0.39 is 0 Å². The molecule has 0 fully saturated rings. The molecule has 0 saturated heterocycles. The molecule has 0 amide bonds. The maximum Gasteiger partial charge on any atom is 0.330 e. The number of carbonyl (C=O) groups is 1. The number of methoxy groups -OCH3 is 1. The first-order chi connectivity index (χ1) is 13.6. The van der Waals surface area contributed by atoms with Crippen LogP contribution in [0.2, 0.25) is 0 Å². The quantitative estimate of drug-likeness (QED) is 0.230. The van der Waals surface area contributed by atoms with Gasteiger partial charge in [0.15, 0.2) is 0 Å². The van der Waals surface area contributed by atoms with Gasteiger partial charge in [0.05, 0.1) is 13.7 Å². The van der Waals surface area contributed by atoms with E-state index in [0.717, 1.165) is 30.2 Å². The molecule has 0 aliphatic carbocycles. The summed E-state index contributed by atoms with van der Waals surface area (Å²) in [6.07, 6.45) is 10.7. The summed E-state index contributed by atoms with van der Waals surface area (Å²) < 4.78 is 10.4. The van der Waals surface area contributed by atoms with Gasteiger partial charge in [0, 0.05) is 23.4 Å². The van der Waals surface area contributed by atoms with Crippen molar-refractivity contribution in [2.45, 2.75) is 66.2 Å². The van der Waals surface area contributed by atoms with Crippen LogP contribution in [0.1, 0.15) is 66.2 Å². The van der Waals surface area contributed by atoms with Crippen LogP contribution < -0.4 is 10.1 Å². The van der Waals surface area contributed by atoms with Crippen LogP contribution in [0.4, 0.5) is 5.69 Å². The molecule has 0 saturated carbocycles. The third-order valence-corrected chi connectivity index (χ3v) is 4.20. The highest BCUT2D eigenvalue weighted by Gasteiger charge is 2.05. The molecule has 4 heteroatoms. The number of hydrogen-bond donors (Lipinski definition) is 1. The largest absolute Gasteiger partial charge is 0.494 e. The van der Waals surface area contributed by atoms with Crippen molar-refractivity contribution in [3.05, 3.63) is 48.7 Å². The molecule has 1 atom stereocenters. The number of ether oxygens (including phenoxy) is 2. The zero-order chi connectivity index (χ0) is 21.2. The summed E-state index contributed by atoms with van der Waals surface area (Å²) in [4.78, 5) is 11.1. The van der Waals surface area contributed by atoms with Gasteiger partial charge in [0.1, 0.15) is 5.75 Å². The summed E-state index contributed by atoms with van der Waals surface area (Å²) in [6.45, 7) is 13.0. The van der Waals surface area contributed by atoms with E-state index in [9.17, 15) is 4.79 Å². The van der Waals surface area contributed by atoms with Crippen molar-refractivity contribution in [3.63, 3.8) is 0 Å². The molecule has 0 aliphatic heterocycles. The highest BCUT2D eigenvalue weighted by Crippen LogP contribution is 2.20. The first kappa shape index (κ1) is 25.8. The van der Waals surface area contributed by atoms with Gasteiger partial charge in [-0.25, -0.2) is 4.79 Å². The summed E-state index contributed by atoms with van der Waals surface area (Å²) in [5.74, 6) is 0.530. The monoisotopic (exact) mass is 389 g/mol. The van der Waals surface area contributed by atoms with E-state index in [0.29, 0.717) is 0 Å². The fourth-order valence-corrected chi connectivity index (χ4v) is 2.41. The molecule has 0 heterocycles. The predicted molar refractivity (Wildman–Crippen MR) is 120 cm³/mol. The zero-order valence-electron chi connectivity index (χ0n) is 18.4. The second-order valence-electron chi connectivity index (χ2n) is 6.46. The van der Waals surface area contributed by atoms with Gasteiger partial charge >= 0.3 is 5.97 Å². The Bertz CT molecular complexity index is 564. The Morgan fingerprint density at radius 1 is 1.11 bits per heavy atom. The summed E-state index contributed by atoms with van der Waals surface area (Å²) in [6, 6.07) is 7.86. The van der Waals surface area contributed by atoms with Gasteiger partial charge in [-0.05, 0) is 30.7 Å². The number of unbranched alkanes of at least 4 members (excludes halogenated alkanes) is 5. The Morgan fingerprint density at radius 2 is 1.71 bits per heavy atom. The molecular weight excluding hydrogens is 350 g/mol. The fraction of sp³-hybridized carbons (Fsp3) is 0.542. The first-order valence-electron chi connectivity index (χ1n) is 10.5. The molecule has 0 unspecified atom stereocenters. The number of rotatable bonds is 13. The van der Waals surface area contributed by atoms with Gasteiger partial charge < -0.3 is 14.8 Å². The van der Waals surface area contributed by atoms with Crippen LogP contribution in [0.3, 0.4) is 0 Å². The smallest absolute Gasteiger partial charge is 0.330 e. The highest BCUT2D eigenvalue weighted by atomic mass is 16.5. The molecule has 0 bridgehead atoms. The molecule has 1 aromatic rings. The average molecular weight is 390 g/mol. The summed E-state index contributed by atoms with van der Waals surface area (Å²) in [7, 11) is 1.36. The summed E-state index contributed by atoms with van der Waals surface area (Å²) >= 11 is 0. The lowest BCUT2D eigenvalue weighted by atomic mass is 10.1. The van der Waals surface area contributed by atoms with Crippen LogP contribution in [0.25, 0.3) is 0 Å². The van der Waals surface area contributed by atoms with E-state index in [-0.39, 0.29) is 11.9 Å². The van der Waals surface area contributed by atoms with Crippen LogP contribution in [0.5, 0.6) is 5.75 Å². The lowest BCUT2D eigenvalue weighted by molar-refractivity contribution is -0.134. The number of nitrogens with one attached hydrogen (secondary N) is 1. The molecule has 158 valence electrons. The third kappa shape index (κ3) is 12.2. The lowest BCUT2D eigenvalue weighted by Crippen LogP contribution is -2.06. The van der Waals surface area contributed by atoms with Crippen LogP contribution in [-0.4, -0.2) is 19.7 Å². The normalized spacial score (nSPS) is 11.3. The molecule has 0 spiro atoms. The number of anilines is 1. The predicted octanol–water partition coefficient (Wildman–Crippen LogP) is 6.74. The van der Waals surface area contributed by atoms with Gasteiger partial charge in [0.2, 0.25) is 0 Å². The van der Waals surface area contributed by atoms with E-state index in [1.807, 2.05) is 45.0 Å². The maximum absolute atomic E-state index is 11.1. The van der Waals surface area contributed by atoms with Crippen LogP contribution in [-0.2, 0) is 9.53 Å². The molecule has 1 aromatic carbocycles. The van der Waals surface area contributed by atoms with Gasteiger partial charge in [-0.2, -0.15) is 0 Å². The number of carbonyl (C=O) groups excluding carboxylic acids is 1. The van der Waals surface area contributed by atoms with E-state index in [1.54, 1.807) is 6.08 Å². The minimum Gasteiger partial charge on any atom is -0.494 e. The maximum atomic E-state index is 11.1. The summed E-state index contributed by atoms with van der Waals surface area (Å²) in [5.41, 5.74) is 1.76. The fourth-order valence-electron chi connectivity index (χ4n) is 2.41. The third-order valence-electron chi connectivity index (χ3n) is 4.20. The Balaban J connectivity index is 0.00000352. The Hall–Kier alpha value is -2.23. The SMILES string of the molecule is C=C(Nc1ccc(OCCCCCCCC)cc1)[C@@H](C)/C=C/C(=O)OC.CC. The minimum absolute atomic E-state index is 0.0118. The van der Waals surface area contributed by atoms with E-state index >= 15 is 0 Å². The molecular formula is C24H39NO3. The van der Waals surface area contributed by atoms with Crippen molar-refractivity contribution in [2.75, 3.05) is 19.0 Å². The standard InChI is InChI=1S/C22H33NO3.C2H6/c1-5-6-7-8-9-10-17-26-21-14-12-20(13-15-21)23-19(3)18(2)11-16-22(24)25-4;1-2/h11-16,18,23H,3,5-10,17H2,1-2,4H3;1-2H3/b16-11+;/t18-;/m0./s1. The zero-order valence-corrected chi connectivity index (χ0v) is 18.4. The minimum atomic E-state index is -0.364. The van der Waals surface area contributed by atoms with Gasteiger partial charge in [-0.15, -0.1) is 0 Å². The van der Waals surface area contributed by atoms with E-state index in [2.05, 4.69) is 23.6 Å². The molecule has 0 aliphatic rings. The summed E-state index contributed by atoms with van der Waals surface area (Å²) in [5, 5.41) is 3.25. The van der Waals surface area contributed by atoms with Crippen LogP contribution >= 0.6 is 0 Å².